The Morgan fingerprint density at radius 2 is 2.33 bits per heavy atom. The summed E-state index contributed by atoms with van der Waals surface area (Å²) in [5.41, 5.74) is 6.21. The van der Waals surface area contributed by atoms with Gasteiger partial charge >= 0.3 is 0 Å². The number of amides is 1. The van der Waals surface area contributed by atoms with Crippen LogP contribution in [0.1, 0.15) is 39.5 Å². The monoisotopic (exact) mass is 252 g/mol. The van der Waals surface area contributed by atoms with E-state index in [-0.39, 0.29) is 11.8 Å². The van der Waals surface area contributed by atoms with Gasteiger partial charge in [0.1, 0.15) is 0 Å². The Morgan fingerprint density at radius 1 is 1.56 bits per heavy atom. The van der Waals surface area contributed by atoms with Gasteiger partial charge in [-0.2, -0.15) is 5.10 Å². The number of nitrogens with one attached hydrogen (secondary N) is 1. The van der Waals surface area contributed by atoms with Crippen LogP contribution in [-0.2, 0) is 11.3 Å². The van der Waals surface area contributed by atoms with Crippen molar-refractivity contribution >= 4 is 11.6 Å². The topological polar surface area (TPSA) is 72.9 Å². The van der Waals surface area contributed by atoms with Gasteiger partial charge in [-0.3, -0.25) is 9.48 Å². The zero-order valence-corrected chi connectivity index (χ0v) is 11.4. The fourth-order valence-corrected chi connectivity index (χ4v) is 1.91. The van der Waals surface area contributed by atoms with E-state index >= 15 is 0 Å². The lowest BCUT2D eigenvalue weighted by Gasteiger charge is -2.14. The number of anilines is 1. The molecule has 1 atom stereocenters. The molecule has 0 aliphatic carbocycles. The van der Waals surface area contributed by atoms with Crippen LogP contribution in [-0.4, -0.2) is 22.2 Å². The third-order valence-electron chi connectivity index (χ3n) is 3.06. The van der Waals surface area contributed by atoms with Crippen LogP contribution in [0, 0.1) is 5.92 Å². The average molecular weight is 252 g/mol. The summed E-state index contributed by atoms with van der Waals surface area (Å²) < 4.78 is 1.74. The molecule has 0 fully saturated rings. The molecule has 0 aromatic carbocycles. The average Bonchev–Trinajstić information content (AvgIpc) is 2.76. The molecule has 1 unspecified atom stereocenters. The minimum Gasteiger partial charge on any atom is -0.396 e. The third-order valence-corrected chi connectivity index (χ3v) is 3.06. The van der Waals surface area contributed by atoms with E-state index in [1.165, 1.54) is 0 Å². The summed E-state index contributed by atoms with van der Waals surface area (Å²) in [6.07, 6.45) is 7.50. The van der Waals surface area contributed by atoms with Gasteiger partial charge < -0.3 is 11.1 Å². The maximum absolute atomic E-state index is 11.9. The number of hydrogen-bond acceptors (Lipinski definition) is 3. The lowest BCUT2D eigenvalue weighted by molar-refractivity contribution is -0.125. The summed E-state index contributed by atoms with van der Waals surface area (Å²) in [6.45, 7) is 5.47. The van der Waals surface area contributed by atoms with Crippen molar-refractivity contribution in [1.29, 1.82) is 0 Å². The zero-order chi connectivity index (χ0) is 13.4. The number of aromatic nitrogens is 2. The number of nitrogens with zero attached hydrogens (tertiary/aromatic N) is 2. The fourth-order valence-electron chi connectivity index (χ4n) is 1.91. The van der Waals surface area contributed by atoms with Crippen molar-refractivity contribution in [3.8, 4) is 0 Å². The van der Waals surface area contributed by atoms with Crippen molar-refractivity contribution in [2.45, 2.75) is 46.1 Å². The summed E-state index contributed by atoms with van der Waals surface area (Å²) in [6, 6.07) is 0. The van der Waals surface area contributed by atoms with Crippen LogP contribution in [0.4, 0.5) is 5.69 Å². The molecule has 0 spiro atoms. The minimum atomic E-state index is 0.146. The van der Waals surface area contributed by atoms with Crippen LogP contribution in [0.15, 0.2) is 12.4 Å². The van der Waals surface area contributed by atoms with Crippen molar-refractivity contribution < 1.29 is 4.79 Å². The van der Waals surface area contributed by atoms with Crippen molar-refractivity contribution in [1.82, 2.24) is 15.1 Å². The van der Waals surface area contributed by atoms with Crippen LogP contribution in [0.5, 0.6) is 0 Å². The van der Waals surface area contributed by atoms with E-state index in [9.17, 15) is 4.79 Å². The highest BCUT2D eigenvalue weighted by atomic mass is 16.1. The number of hydrogen-bond donors (Lipinski definition) is 2. The number of unbranched alkanes of at least 4 members (excludes halogenated alkanes) is 1. The molecule has 0 aliphatic heterocycles. The van der Waals surface area contributed by atoms with E-state index in [2.05, 4.69) is 24.3 Å². The molecule has 0 radical (unpaired) electrons. The Balaban J connectivity index is 2.26. The first kappa shape index (κ1) is 14.5. The second kappa shape index (κ2) is 7.74. The first-order chi connectivity index (χ1) is 8.67. The van der Waals surface area contributed by atoms with Crippen LogP contribution < -0.4 is 11.1 Å². The van der Waals surface area contributed by atoms with Crippen LogP contribution in [0.25, 0.3) is 0 Å². The first-order valence-corrected chi connectivity index (χ1v) is 6.73. The molecule has 1 aromatic rings. The van der Waals surface area contributed by atoms with Gasteiger partial charge in [0, 0.05) is 18.7 Å². The summed E-state index contributed by atoms with van der Waals surface area (Å²) in [5, 5.41) is 7.03. The van der Waals surface area contributed by atoms with E-state index in [4.69, 9.17) is 5.73 Å². The summed E-state index contributed by atoms with van der Waals surface area (Å²) in [5.74, 6) is 0.304. The first-order valence-electron chi connectivity index (χ1n) is 6.73. The molecule has 1 heterocycles. The summed E-state index contributed by atoms with van der Waals surface area (Å²) in [4.78, 5) is 11.9. The van der Waals surface area contributed by atoms with Gasteiger partial charge in [0.15, 0.2) is 0 Å². The highest BCUT2D eigenvalue weighted by Crippen LogP contribution is 2.12. The van der Waals surface area contributed by atoms with E-state index < -0.39 is 0 Å². The van der Waals surface area contributed by atoms with E-state index in [0.717, 1.165) is 25.7 Å². The predicted octanol–water partition coefficient (Wildman–Crippen LogP) is 1.80. The highest BCUT2D eigenvalue weighted by Gasteiger charge is 2.14. The molecule has 0 aliphatic rings. The van der Waals surface area contributed by atoms with Crippen LogP contribution in [0.3, 0.4) is 0 Å². The molecule has 102 valence electrons. The molecule has 0 bridgehead atoms. The lowest BCUT2D eigenvalue weighted by Crippen LogP contribution is -2.33. The van der Waals surface area contributed by atoms with Gasteiger partial charge in [-0.05, 0) is 12.8 Å². The summed E-state index contributed by atoms with van der Waals surface area (Å²) >= 11 is 0. The molecule has 5 heteroatoms. The van der Waals surface area contributed by atoms with E-state index in [0.29, 0.717) is 18.8 Å². The zero-order valence-electron chi connectivity index (χ0n) is 11.4. The van der Waals surface area contributed by atoms with Crippen LogP contribution in [0.2, 0.25) is 0 Å². The predicted molar refractivity (Wildman–Crippen MR) is 73.0 cm³/mol. The molecule has 1 aromatic heterocycles. The fraction of sp³-hybridized carbons (Fsp3) is 0.692. The molecule has 3 N–H and O–H groups in total. The van der Waals surface area contributed by atoms with Crippen molar-refractivity contribution in [3.63, 3.8) is 0 Å². The lowest BCUT2D eigenvalue weighted by atomic mass is 9.98. The highest BCUT2D eigenvalue weighted by molar-refractivity contribution is 5.78. The number of nitrogen functional groups attached to an aromatic ring is 1. The Morgan fingerprint density at radius 3 is 2.89 bits per heavy atom. The molecule has 1 amide bonds. The van der Waals surface area contributed by atoms with Gasteiger partial charge in [-0.1, -0.05) is 26.7 Å². The molecule has 1 rings (SSSR count). The molecular formula is C13H24N4O. The standard InChI is InChI=1S/C13H24N4O/c1-3-5-6-11(4-2)13(18)15-7-8-17-10-12(14)9-16-17/h9-11H,3-8,14H2,1-2H3,(H,15,18). The van der Waals surface area contributed by atoms with Crippen molar-refractivity contribution in [2.24, 2.45) is 5.92 Å². The van der Waals surface area contributed by atoms with Crippen molar-refractivity contribution in [2.75, 3.05) is 12.3 Å². The smallest absolute Gasteiger partial charge is 0.223 e. The minimum absolute atomic E-state index is 0.146. The van der Waals surface area contributed by atoms with Gasteiger partial charge in [0.2, 0.25) is 5.91 Å². The maximum Gasteiger partial charge on any atom is 0.223 e. The van der Waals surface area contributed by atoms with E-state index in [1.807, 2.05) is 0 Å². The van der Waals surface area contributed by atoms with Crippen LogP contribution >= 0.6 is 0 Å². The number of carbonyl (C=O) groups is 1. The third kappa shape index (κ3) is 4.77. The number of nitrogens with two attached hydrogens (primary N) is 1. The second-order valence-electron chi connectivity index (χ2n) is 4.58. The molecule has 0 saturated carbocycles. The number of rotatable bonds is 8. The maximum atomic E-state index is 11.9. The van der Waals surface area contributed by atoms with Gasteiger partial charge in [-0.25, -0.2) is 0 Å². The molecule has 0 saturated heterocycles. The Bertz CT molecular complexity index is 362. The normalized spacial score (nSPS) is 12.3. The summed E-state index contributed by atoms with van der Waals surface area (Å²) in [7, 11) is 0. The molecular weight excluding hydrogens is 228 g/mol. The number of carbonyl (C=O) groups excluding carboxylic acids is 1. The Kier molecular flexibility index (Phi) is 6.25. The Hall–Kier alpha value is -1.52. The van der Waals surface area contributed by atoms with Gasteiger partial charge in [0.05, 0.1) is 18.4 Å². The Labute approximate surface area is 109 Å². The van der Waals surface area contributed by atoms with E-state index in [1.54, 1.807) is 17.1 Å². The molecule has 18 heavy (non-hydrogen) atoms. The second-order valence-corrected chi connectivity index (χ2v) is 4.58. The SMILES string of the molecule is CCCCC(CC)C(=O)NCCn1cc(N)cn1. The van der Waals surface area contributed by atoms with Gasteiger partial charge in [-0.15, -0.1) is 0 Å². The largest absolute Gasteiger partial charge is 0.396 e. The quantitative estimate of drug-likeness (QED) is 0.741. The molecule has 5 nitrogen and oxygen atoms in total. The van der Waals surface area contributed by atoms with Crippen molar-refractivity contribution in [3.05, 3.63) is 12.4 Å². The van der Waals surface area contributed by atoms with Gasteiger partial charge in [0.25, 0.3) is 0 Å².